The van der Waals surface area contributed by atoms with Crippen LogP contribution in [0.1, 0.15) is 5.56 Å². The van der Waals surface area contributed by atoms with Gasteiger partial charge in [-0.2, -0.15) is 13.2 Å². The van der Waals surface area contributed by atoms with Crippen molar-refractivity contribution in [3.05, 3.63) is 31.9 Å². The number of benzene rings is 1. The molecule has 0 fully saturated rings. The molecule has 1 aromatic carbocycles. The number of nitrogens with two attached hydrogens (primary N) is 1. The van der Waals surface area contributed by atoms with Crippen molar-refractivity contribution >= 4 is 22.7 Å². The van der Waals surface area contributed by atoms with E-state index in [1.165, 1.54) is 14.1 Å². The van der Waals surface area contributed by atoms with Gasteiger partial charge in [-0.15, -0.1) is 0 Å². The van der Waals surface area contributed by atoms with E-state index in [2.05, 4.69) is 0 Å². The maximum absolute atomic E-state index is 12.7. The molecular weight excluding hydrogens is 285 g/mol. The zero-order chi connectivity index (χ0) is 15.8. The molecule has 0 saturated heterocycles. The minimum atomic E-state index is -5.04. The van der Waals surface area contributed by atoms with Gasteiger partial charge in [-0.3, -0.25) is 20.2 Å². The third-order valence-electron chi connectivity index (χ3n) is 2.43. The summed E-state index contributed by atoms with van der Waals surface area (Å²) in [5, 5.41) is 21.7. The fourth-order valence-electron chi connectivity index (χ4n) is 1.66. The van der Waals surface area contributed by atoms with Crippen LogP contribution in [0.5, 0.6) is 0 Å². The summed E-state index contributed by atoms with van der Waals surface area (Å²) in [4.78, 5) is 20.4. The number of halogens is 3. The van der Waals surface area contributed by atoms with Crippen LogP contribution >= 0.6 is 0 Å². The molecule has 110 valence electrons. The summed E-state index contributed by atoms with van der Waals surface area (Å²) in [6.07, 6.45) is -5.04. The van der Waals surface area contributed by atoms with Crippen molar-refractivity contribution in [1.82, 2.24) is 0 Å². The molecule has 1 rings (SSSR count). The third-order valence-corrected chi connectivity index (χ3v) is 2.43. The number of alkyl halides is 3. The molecule has 0 aliphatic rings. The van der Waals surface area contributed by atoms with Crippen LogP contribution in [0.3, 0.4) is 0 Å². The highest BCUT2D eigenvalue weighted by atomic mass is 19.4. The van der Waals surface area contributed by atoms with Crippen molar-refractivity contribution < 1.29 is 23.0 Å². The minimum Gasteiger partial charge on any atom is -0.393 e. The van der Waals surface area contributed by atoms with Crippen LogP contribution in [0.25, 0.3) is 0 Å². The van der Waals surface area contributed by atoms with Gasteiger partial charge >= 0.3 is 11.9 Å². The van der Waals surface area contributed by atoms with Gasteiger partial charge in [0.05, 0.1) is 15.4 Å². The van der Waals surface area contributed by atoms with Gasteiger partial charge in [0, 0.05) is 20.2 Å². The Morgan fingerprint density at radius 1 is 1.20 bits per heavy atom. The van der Waals surface area contributed by atoms with Gasteiger partial charge < -0.3 is 10.6 Å². The fraction of sp³-hybridized carbons (Fsp3) is 0.333. The minimum absolute atomic E-state index is 0.192. The average molecular weight is 294 g/mol. The van der Waals surface area contributed by atoms with Crippen molar-refractivity contribution in [2.45, 2.75) is 6.18 Å². The summed E-state index contributed by atoms with van der Waals surface area (Å²) < 4.78 is 38.2. The van der Waals surface area contributed by atoms with Gasteiger partial charge in [-0.05, 0) is 0 Å². The van der Waals surface area contributed by atoms with Crippen LogP contribution < -0.4 is 10.6 Å². The summed E-state index contributed by atoms with van der Waals surface area (Å²) in [5.74, 6) is 0. The van der Waals surface area contributed by atoms with Gasteiger partial charge in [0.15, 0.2) is 5.69 Å². The molecule has 0 atom stereocenters. The van der Waals surface area contributed by atoms with E-state index >= 15 is 0 Å². The van der Waals surface area contributed by atoms with Crippen molar-refractivity contribution in [1.29, 1.82) is 0 Å². The second-order valence-electron chi connectivity index (χ2n) is 3.96. The molecule has 0 bridgehead atoms. The Bertz CT molecular complexity index is 586. The monoisotopic (exact) mass is 294 g/mol. The van der Waals surface area contributed by atoms with Crippen LogP contribution in [0.2, 0.25) is 0 Å². The van der Waals surface area contributed by atoms with Crippen molar-refractivity contribution in [3.63, 3.8) is 0 Å². The van der Waals surface area contributed by atoms with Crippen LogP contribution in [0.15, 0.2) is 6.07 Å². The first-order chi connectivity index (χ1) is 8.98. The first-order valence-corrected chi connectivity index (χ1v) is 4.98. The van der Waals surface area contributed by atoms with E-state index in [1.54, 1.807) is 0 Å². The number of hydrogen-bond acceptors (Lipinski definition) is 6. The fourth-order valence-corrected chi connectivity index (χ4v) is 1.66. The number of nitro groups is 2. The van der Waals surface area contributed by atoms with E-state index < -0.39 is 44.3 Å². The van der Waals surface area contributed by atoms with Gasteiger partial charge in [-0.1, -0.05) is 0 Å². The normalized spacial score (nSPS) is 11.2. The Kier molecular flexibility index (Phi) is 3.73. The Balaban J connectivity index is 3.91. The standard InChI is InChI=1S/C9H9F3N4O4/c1-14(2)7-5(15(17)18)3-4(9(10,11)12)6(13)8(7)16(19)20/h3H,13H2,1-2H3. The maximum atomic E-state index is 12.7. The summed E-state index contributed by atoms with van der Waals surface area (Å²) in [6, 6.07) is 0.192. The van der Waals surface area contributed by atoms with E-state index in [1.807, 2.05) is 0 Å². The van der Waals surface area contributed by atoms with Gasteiger partial charge in [0.2, 0.25) is 0 Å². The summed E-state index contributed by atoms with van der Waals surface area (Å²) in [6.45, 7) is 0. The number of nitro benzene ring substituents is 2. The van der Waals surface area contributed by atoms with Gasteiger partial charge in [0.25, 0.3) is 5.69 Å². The topological polar surface area (TPSA) is 116 Å². The second-order valence-corrected chi connectivity index (χ2v) is 3.96. The summed E-state index contributed by atoms with van der Waals surface area (Å²) in [5.41, 5.74) is -0.371. The summed E-state index contributed by atoms with van der Waals surface area (Å²) >= 11 is 0. The molecule has 11 heteroatoms. The molecule has 0 heterocycles. The number of nitrogen functional groups attached to an aromatic ring is 1. The zero-order valence-corrected chi connectivity index (χ0v) is 10.3. The molecule has 0 saturated carbocycles. The molecule has 0 amide bonds. The van der Waals surface area contributed by atoms with Crippen molar-refractivity contribution in [2.24, 2.45) is 0 Å². The summed E-state index contributed by atoms with van der Waals surface area (Å²) in [7, 11) is 2.45. The van der Waals surface area contributed by atoms with E-state index in [4.69, 9.17) is 5.73 Å². The predicted octanol–water partition coefficient (Wildman–Crippen LogP) is 2.17. The third kappa shape index (κ3) is 2.55. The Hall–Kier alpha value is -2.59. The molecule has 1 aromatic rings. The van der Waals surface area contributed by atoms with Crippen LogP contribution in [0, 0.1) is 20.2 Å². The first kappa shape index (κ1) is 15.5. The van der Waals surface area contributed by atoms with Crippen LogP contribution in [-0.2, 0) is 6.18 Å². The Morgan fingerprint density at radius 3 is 2.00 bits per heavy atom. The lowest BCUT2D eigenvalue weighted by Crippen LogP contribution is -2.18. The number of nitrogens with zero attached hydrogens (tertiary/aromatic N) is 3. The zero-order valence-electron chi connectivity index (χ0n) is 10.3. The molecule has 0 radical (unpaired) electrons. The number of hydrogen-bond donors (Lipinski definition) is 1. The van der Waals surface area contributed by atoms with E-state index in [9.17, 15) is 33.4 Å². The molecule has 2 N–H and O–H groups in total. The smallest absolute Gasteiger partial charge is 0.393 e. The number of rotatable bonds is 3. The largest absolute Gasteiger partial charge is 0.418 e. The average Bonchev–Trinajstić information content (AvgIpc) is 2.25. The molecule has 0 aliphatic heterocycles. The van der Waals surface area contributed by atoms with Crippen molar-refractivity contribution in [3.8, 4) is 0 Å². The van der Waals surface area contributed by atoms with E-state index in [0.29, 0.717) is 0 Å². The lowest BCUT2D eigenvalue weighted by molar-refractivity contribution is -0.392. The maximum Gasteiger partial charge on any atom is 0.418 e. The molecule has 0 spiro atoms. The lowest BCUT2D eigenvalue weighted by Gasteiger charge is -2.17. The van der Waals surface area contributed by atoms with Crippen molar-refractivity contribution in [2.75, 3.05) is 24.7 Å². The van der Waals surface area contributed by atoms with E-state index in [0.717, 1.165) is 4.90 Å². The highest BCUT2D eigenvalue weighted by molar-refractivity contribution is 5.85. The molecule has 20 heavy (non-hydrogen) atoms. The Morgan fingerprint density at radius 2 is 1.70 bits per heavy atom. The number of anilines is 2. The second kappa shape index (κ2) is 4.83. The molecule has 0 unspecified atom stereocenters. The highest BCUT2D eigenvalue weighted by Crippen LogP contribution is 2.47. The highest BCUT2D eigenvalue weighted by Gasteiger charge is 2.42. The first-order valence-electron chi connectivity index (χ1n) is 4.98. The molecule has 0 aromatic heterocycles. The lowest BCUT2D eigenvalue weighted by atomic mass is 10.1. The van der Waals surface area contributed by atoms with Crippen LogP contribution in [0.4, 0.5) is 35.9 Å². The van der Waals surface area contributed by atoms with Gasteiger partial charge in [-0.25, -0.2) is 0 Å². The quantitative estimate of drug-likeness (QED) is 0.519. The van der Waals surface area contributed by atoms with E-state index in [-0.39, 0.29) is 6.07 Å². The predicted molar refractivity (Wildman–Crippen MR) is 63.5 cm³/mol. The SMILES string of the molecule is CN(C)c1c([N+](=O)[O-])cc(C(F)(F)F)c(N)c1[N+](=O)[O-]. The molecular formula is C9H9F3N4O4. The Labute approximate surface area is 109 Å². The molecule has 0 aliphatic carbocycles. The molecule has 8 nitrogen and oxygen atoms in total. The van der Waals surface area contributed by atoms with Crippen LogP contribution in [-0.4, -0.2) is 23.9 Å². The van der Waals surface area contributed by atoms with Gasteiger partial charge in [0.1, 0.15) is 5.69 Å².